The summed E-state index contributed by atoms with van der Waals surface area (Å²) >= 11 is 0. The second-order valence-electron chi connectivity index (χ2n) is 4.57. The highest BCUT2D eigenvalue weighted by atomic mass is 19.1. The molecule has 2 nitrogen and oxygen atoms in total. The Labute approximate surface area is 111 Å². The van der Waals surface area contributed by atoms with E-state index in [0.29, 0.717) is 5.56 Å². The molecule has 0 aliphatic rings. The largest absolute Gasteiger partial charge is 0.399 e. The van der Waals surface area contributed by atoms with Crippen molar-refractivity contribution in [1.29, 1.82) is 0 Å². The molecule has 3 heteroatoms. The number of hydrogen-bond acceptors (Lipinski definition) is 1. The maximum absolute atomic E-state index is 14.0. The van der Waals surface area contributed by atoms with E-state index in [0.717, 1.165) is 28.8 Å². The van der Waals surface area contributed by atoms with Crippen LogP contribution in [0.1, 0.15) is 6.92 Å². The number of benzene rings is 2. The summed E-state index contributed by atoms with van der Waals surface area (Å²) in [5, 5.41) is 1.04. The molecule has 19 heavy (non-hydrogen) atoms. The summed E-state index contributed by atoms with van der Waals surface area (Å²) in [5.74, 6) is -0.201. The zero-order chi connectivity index (χ0) is 13.4. The highest BCUT2D eigenvalue weighted by Crippen LogP contribution is 2.30. The van der Waals surface area contributed by atoms with Gasteiger partial charge in [-0.2, -0.15) is 0 Å². The molecule has 0 radical (unpaired) electrons. The van der Waals surface area contributed by atoms with E-state index in [-0.39, 0.29) is 5.82 Å². The summed E-state index contributed by atoms with van der Waals surface area (Å²) < 4.78 is 16.1. The van der Waals surface area contributed by atoms with Crippen LogP contribution in [0.15, 0.2) is 48.5 Å². The summed E-state index contributed by atoms with van der Waals surface area (Å²) in [5.41, 5.74) is 9.13. The summed E-state index contributed by atoms with van der Waals surface area (Å²) in [6, 6.07) is 14.6. The Hall–Kier alpha value is -2.29. The molecule has 0 amide bonds. The number of rotatable bonds is 2. The normalized spacial score (nSPS) is 11.1. The lowest BCUT2D eigenvalue weighted by Crippen LogP contribution is -1.97. The molecule has 0 aliphatic heterocycles. The smallest absolute Gasteiger partial charge is 0.132 e. The molecule has 3 aromatic rings. The maximum atomic E-state index is 14.0. The topological polar surface area (TPSA) is 30.9 Å². The van der Waals surface area contributed by atoms with Gasteiger partial charge in [-0.05, 0) is 43.3 Å². The maximum Gasteiger partial charge on any atom is 0.132 e. The summed E-state index contributed by atoms with van der Waals surface area (Å²) in [6.07, 6.45) is 0. The molecule has 0 saturated heterocycles. The molecule has 0 spiro atoms. The molecule has 3 rings (SSSR count). The average molecular weight is 254 g/mol. The predicted octanol–water partition coefficient (Wildman–Crippen LogP) is 4.05. The number of aromatic nitrogens is 1. The zero-order valence-corrected chi connectivity index (χ0v) is 10.7. The van der Waals surface area contributed by atoms with Crippen LogP contribution in [0.2, 0.25) is 0 Å². The van der Waals surface area contributed by atoms with Crippen LogP contribution in [-0.4, -0.2) is 4.57 Å². The molecule has 0 atom stereocenters. The molecule has 0 unspecified atom stereocenters. The number of anilines is 1. The molecule has 96 valence electrons. The predicted molar refractivity (Wildman–Crippen MR) is 77.4 cm³/mol. The van der Waals surface area contributed by atoms with Crippen LogP contribution in [0.4, 0.5) is 10.1 Å². The Morgan fingerprint density at radius 1 is 1.11 bits per heavy atom. The minimum Gasteiger partial charge on any atom is -0.399 e. The van der Waals surface area contributed by atoms with Crippen molar-refractivity contribution in [3.05, 3.63) is 54.3 Å². The van der Waals surface area contributed by atoms with Crippen molar-refractivity contribution in [3.8, 4) is 11.3 Å². The van der Waals surface area contributed by atoms with Crippen LogP contribution >= 0.6 is 0 Å². The fourth-order valence-electron chi connectivity index (χ4n) is 2.52. The first-order chi connectivity index (χ1) is 9.20. The molecule has 0 bridgehead atoms. The first-order valence-electron chi connectivity index (χ1n) is 6.34. The molecule has 1 aromatic heterocycles. The Balaban J connectivity index is 2.32. The van der Waals surface area contributed by atoms with Gasteiger partial charge < -0.3 is 10.3 Å². The molecule has 0 saturated carbocycles. The van der Waals surface area contributed by atoms with E-state index in [4.69, 9.17) is 5.73 Å². The van der Waals surface area contributed by atoms with Crippen molar-refractivity contribution in [3.63, 3.8) is 0 Å². The van der Waals surface area contributed by atoms with Crippen molar-refractivity contribution < 1.29 is 4.39 Å². The molecular formula is C16H15FN2. The number of nitrogen functional groups attached to an aromatic ring is 1. The number of fused-ring (bicyclic) bond motifs is 1. The minimum absolute atomic E-state index is 0.201. The monoisotopic (exact) mass is 254 g/mol. The molecule has 2 aromatic carbocycles. The van der Waals surface area contributed by atoms with Gasteiger partial charge in [-0.15, -0.1) is 0 Å². The van der Waals surface area contributed by atoms with Crippen molar-refractivity contribution in [2.45, 2.75) is 13.5 Å². The third-order valence-corrected chi connectivity index (χ3v) is 3.39. The molecule has 0 fully saturated rings. The van der Waals surface area contributed by atoms with Crippen LogP contribution < -0.4 is 5.73 Å². The van der Waals surface area contributed by atoms with Gasteiger partial charge in [0.1, 0.15) is 5.82 Å². The van der Waals surface area contributed by atoms with E-state index in [1.807, 2.05) is 30.3 Å². The third kappa shape index (κ3) is 1.87. The number of aryl methyl sites for hydroxylation is 1. The molecular weight excluding hydrogens is 239 g/mol. The number of nitrogens with two attached hydrogens (primary N) is 1. The molecule has 1 heterocycles. The second kappa shape index (κ2) is 4.43. The van der Waals surface area contributed by atoms with Crippen LogP contribution in [0.25, 0.3) is 22.2 Å². The van der Waals surface area contributed by atoms with E-state index >= 15 is 0 Å². The van der Waals surface area contributed by atoms with Gasteiger partial charge in [0, 0.05) is 28.7 Å². The van der Waals surface area contributed by atoms with E-state index in [1.54, 1.807) is 12.1 Å². The highest BCUT2D eigenvalue weighted by molar-refractivity contribution is 5.89. The minimum atomic E-state index is -0.201. The Morgan fingerprint density at radius 3 is 2.63 bits per heavy atom. The van der Waals surface area contributed by atoms with Gasteiger partial charge in [0.05, 0.1) is 5.69 Å². The van der Waals surface area contributed by atoms with Crippen molar-refractivity contribution in [2.24, 2.45) is 0 Å². The van der Waals surface area contributed by atoms with Crippen LogP contribution in [-0.2, 0) is 6.54 Å². The average Bonchev–Trinajstić information content (AvgIpc) is 2.76. The number of nitrogens with zero attached hydrogens (tertiary/aromatic N) is 1. The standard InChI is InChI=1S/C16H15FN2/c1-2-19-15-8-7-12(18)9-11(15)10-16(19)13-5-3-4-6-14(13)17/h3-10H,2,18H2,1H3. The first-order valence-corrected chi connectivity index (χ1v) is 6.34. The summed E-state index contributed by atoms with van der Waals surface area (Å²) in [6.45, 7) is 2.84. The lowest BCUT2D eigenvalue weighted by Gasteiger charge is -2.08. The SMILES string of the molecule is CCn1c(-c2ccccc2F)cc2cc(N)ccc21. The number of halogens is 1. The summed E-state index contributed by atoms with van der Waals surface area (Å²) in [4.78, 5) is 0. The van der Waals surface area contributed by atoms with E-state index in [9.17, 15) is 4.39 Å². The van der Waals surface area contributed by atoms with E-state index in [2.05, 4.69) is 11.5 Å². The van der Waals surface area contributed by atoms with Crippen molar-refractivity contribution in [2.75, 3.05) is 5.73 Å². The Kier molecular flexibility index (Phi) is 2.75. The number of hydrogen-bond donors (Lipinski definition) is 1. The van der Waals surface area contributed by atoms with Crippen LogP contribution in [0.3, 0.4) is 0 Å². The first kappa shape index (κ1) is 11.8. The van der Waals surface area contributed by atoms with Gasteiger partial charge in [0.25, 0.3) is 0 Å². The van der Waals surface area contributed by atoms with Crippen LogP contribution in [0, 0.1) is 5.82 Å². The van der Waals surface area contributed by atoms with Crippen LogP contribution in [0.5, 0.6) is 0 Å². The fourth-order valence-corrected chi connectivity index (χ4v) is 2.52. The van der Waals surface area contributed by atoms with Gasteiger partial charge in [0.15, 0.2) is 0 Å². The van der Waals surface area contributed by atoms with Gasteiger partial charge >= 0.3 is 0 Å². The highest BCUT2D eigenvalue weighted by Gasteiger charge is 2.12. The fraction of sp³-hybridized carbons (Fsp3) is 0.125. The van der Waals surface area contributed by atoms with Gasteiger partial charge in [0.2, 0.25) is 0 Å². The zero-order valence-electron chi connectivity index (χ0n) is 10.7. The lowest BCUT2D eigenvalue weighted by molar-refractivity contribution is 0.629. The van der Waals surface area contributed by atoms with E-state index in [1.165, 1.54) is 6.07 Å². The second-order valence-corrected chi connectivity index (χ2v) is 4.57. The third-order valence-electron chi connectivity index (χ3n) is 3.39. The molecule has 0 aliphatic carbocycles. The molecule has 2 N–H and O–H groups in total. The van der Waals surface area contributed by atoms with Crippen molar-refractivity contribution >= 4 is 16.6 Å². The van der Waals surface area contributed by atoms with Gasteiger partial charge in [-0.25, -0.2) is 4.39 Å². The quantitative estimate of drug-likeness (QED) is 0.687. The Bertz CT molecular complexity index is 744. The van der Waals surface area contributed by atoms with Crippen molar-refractivity contribution in [1.82, 2.24) is 4.57 Å². The van der Waals surface area contributed by atoms with E-state index < -0.39 is 0 Å². The lowest BCUT2D eigenvalue weighted by atomic mass is 10.1. The summed E-state index contributed by atoms with van der Waals surface area (Å²) in [7, 11) is 0. The van der Waals surface area contributed by atoms with Gasteiger partial charge in [-0.1, -0.05) is 12.1 Å². The van der Waals surface area contributed by atoms with Gasteiger partial charge in [-0.3, -0.25) is 0 Å². The Morgan fingerprint density at radius 2 is 1.89 bits per heavy atom.